The van der Waals surface area contributed by atoms with Gasteiger partial charge >= 0.3 is 0 Å². The lowest BCUT2D eigenvalue weighted by molar-refractivity contribution is 0.0806. The fourth-order valence-electron chi connectivity index (χ4n) is 1.29. The number of aliphatic hydroxyl groups excluding tert-OH is 2. The van der Waals surface area contributed by atoms with Crippen molar-refractivity contribution in [2.45, 2.75) is 6.92 Å². The average molecular weight is 383 g/mol. The number of aliphatic hydroxyl groups is 2. The van der Waals surface area contributed by atoms with Gasteiger partial charge in [-0.15, -0.1) is 0 Å². The first-order valence-corrected chi connectivity index (χ1v) is 7.03. The Morgan fingerprint density at radius 1 is 1.22 bits per heavy atom. The highest BCUT2D eigenvalue weighted by Gasteiger charge is 2.22. The molecule has 0 atom stereocenters. The molecule has 0 unspecified atom stereocenters. The first kappa shape index (κ1) is 15.8. The van der Waals surface area contributed by atoms with Crippen molar-refractivity contribution >= 4 is 37.5 Å². The fraction of sp³-hybridized carbons (Fsp3) is 0.500. The Morgan fingerprint density at radius 2 is 1.83 bits per heavy atom. The number of hydrogen-bond donors (Lipinski definition) is 3. The van der Waals surface area contributed by atoms with E-state index in [0.717, 1.165) is 20.4 Å². The molecule has 0 aromatic heterocycles. The van der Waals surface area contributed by atoms with Crippen molar-refractivity contribution in [3.05, 3.63) is 21.1 Å². The molecule has 0 radical (unpaired) electrons. The molecule has 102 valence electrons. The normalized spacial score (nSPS) is 11.4. The molecule has 4 nitrogen and oxygen atoms in total. The summed E-state index contributed by atoms with van der Waals surface area (Å²) in [6.07, 6.45) is 0. The summed E-state index contributed by atoms with van der Waals surface area (Å²) in [6, 6.07) is 3.74. The maximum absolute atomic E-state index is 9.23. The second-order valence-corrected chi connectivity index (χ2v) is 6.16. The van der Waals surface area contributed by atoms with Gasteiger partial charge in [-0.3, -0.25) is 0 Å². The molecular formula is C12H17Br2NO3. The summed E-state index contributed by atoms with van der Waals surface area (Å²) in [5, 5.41) is 21.7. The molecule has 18 heavy (non-hydrogen) atoms. The molecule has 1 aromatic rings. The number of ether oxygens (including phenoxy) is 1. The van der Waals surface area contributed by atoms with Gasteiger partial charge in [0.25, 0.3) is 0 Å². The summed E-state index contributed by atoms with van der Waals surface area (Å²) in [7, 11) is 1.60. The SMILES string of the molecule is COc1cc(NCC(C)(CO)CO)c(Br)cc1Br. The Labute approximate surface area is 124 Å². The topological polar surface area (TPSA) is 61.7 Å². The maximum atomic E-state index is 9.23. The Kier molecular flexibility index (Phi) is 5.91. The van der Waals surface area contributed by atoms with E-state index in [2.05, 4.69) is 37.2 Å². The van der Waals surface area contributed by atoms with Gasteiger partial charge in [-0.2, -0.15) is 0 Å². The molecule has 0 fully saturated rings. The molecule has 3 N–H and O–H groups in total. The molecule has 1 rings (SSSR count). The number of hydrogen-bond acceptors (Lipinski definition) is 4. The molecule has 0 saturated heterocycles. The summed E-state index contributed by atoms with van der Waals surface area (Å²) in [5.41, 5.74) is 0.294. The van der Waals surface area contributed by atoms with E-state index >= 15 is 0 Å². The van der Waals surface area contributed by atoms with Crippen LogP contribution in [0, 0.1) is 5.41 Å². The van der Waals surface area contributed by atoms with Gasteiger partial charge in [0.05, 0.1) is 30.5 Å². The first-order chi connectivity index (χ1) is 8.45. The average Bonchev–Trinajstić information content (AvgIpc) is 2.37. The van der Waals surface area contributed by atoms with E-state index in [9.17, 15) is 10.2 Å². The highest BCUT2D eigenvalue weighted by atomic mass is 79.9. The lowest BCUT2D eigenvalue weighted by atomic mass is 9.93. The Balaban J connectivity index is 2.85. The number of anilines is 1. The molecule has 0 heterocycles. The molecule has 6 heteroatoms. The third kappa shape index (κ3) is 3.85. The molecule has 1 aromatic carbocycles. The van der Waals surface area contributed by atoms with E-state index in [1.54, 1.807) is 7.11 Å². The molecule has 0 spiro atoms. The van der Waals surface area contributed by atoms with E-state index in [1.807, 2.05) is 19.1 Å². The molecule has 0 aliphatic carbocycles. The van der Waals surface area contributed by atoms with Gasteiger partial charge < -0.3 is 20.3 Å². The van der Waals surface area contributed by atoms with Gasteiger partial charge in [-0.1, -0.05) is 6.92 Å². The quantitative estimate of drug-likeness (QED) is 0.707. The van der Waals surface area contributed by atoms with Crippen molar-refractivity contribution in [2.24, 2.45) is 5.41 Å². The predicted octanol–water partition coefficient (Wildman–Crippen LogP) is 2.62. The zero-order valence-corrected chi connectivity index (χ0v) is 13.5. The number of rotatable bonds is 6. The third-order valence-corrected chi connectivity index (χ3v) is 3.99. The van der Waals surface area contributed by atoms with E-state index in [-0.39, 0.29) is 13.2 Å². The van der Waals surface area contributed by atoms with Gasteiger partial charge in [-0.05, 0) is 37.9 Å². The van der Waals surface area contributed by atoms with Crippen LogP contribution in [0.2, 0.25) is 0 Å². The molecule has 0 aliphatic heterocycles. The van der Waals surface area contributed by atoms with Crippen molar-refractivity contribution in [3.8, 4) is 5.75 Å². The minimum atomic E-state index is -0.556. The van der Waals surface area contributed by atoms with E-state index in [0.29, 0.717) is 6.54 Å². The van der Waals surface area contributed by atoms with Crippen LogP contribution in [0.3, 0.4) is 0 Å². The minimum absolute atomic E-state index is 0.0816. The van der Waals surface area contributed by atoms with Crippen LogP contribution < -0.4 is 10.1 Å². The van der Waals surface area contributed by atoms with Gasteiger partial charge in [0, 0.05) is 22.5 Å². The van der Waals surface area contributed by atoms with Gasteiger partial charge in [-0.25, -0.2) is 0 Å². The monoisotopic (exact) mass is 381 g/mol. The smallest absolute Gasteiger partial charge is 0.135 e. The molecule has 0 aliphatic rings. The second kappa shape index (κ2) is 6.75. The van der Waals surface area contributed by atoms with Crippen molar-refractivity contribution < 1.29 is 14.9 Å². The fourth-order valence-corrected chi connectivity index (χ4v) is 2.59. The highest BCUT2D eigenvalue weighted by Crippen LogP contribution is 2.35. The summed E-state index contributed by atoms with van der Waals surface area (Å²) >= 11 is 6.85. The van der Waals surface area contributed by atoms with Gasteiger partial charge in [0.15, 0.2) is 0 Å². The Bertz CT molecular complexity index is 409. The van der Waals surface area contributed by atoms with Crippen LogP contribution in [0.5, 0.6) is 5.75 Å². The van der Waals surface area contributed by atoms with Crippen molar-refractivity contribution in [1.29, 1.82) is 0 Å². The van der Waals surface area contributed by atoms with Crippen LogP contribution in [-0.4, -0.2) is 37.1 Å². The van der Waals surface area contributed by atoms with Crippen LogP contribution >= 0.6 is 31.9 Å². The van der Waals surface area contributed by atoms with Crippen LogP contribution in [0.4, 0.5) is 5.69 Å². The Morgan fingerprint density at radius 3 is 2.33 bits per heavy atom. The predicted molar refractivity (Wildman–Crippen MR) is 79.2 cm³/mol. The molecule has 0 amide bonds. The third-order valence-electron chi connectivity index (χ3n) is 2.71. The van der Waals surface area contributed by atoms with E-state index in [4.69, 9.17) is 4.74 Å². The van der Waals surface area contributed by atoms with Crippen molar-refractivity contribution in [1.82, 2.24) is 0 Å². The van der Waals surface area contributed by atoms with Crippen molar-refractivity contribution in [3.63, 3.8) is 0 Å². The van der Waals surface area contributed by atoms with Crippen LogP contribution in [-0.2, 0) is 0 Å². The zero-order chi connectivity index (χ0) is 13.8. The summed E-state index contributed by atoms with van der Waals surface area (Å²) < 4.78 is 6.96. The Hall–Kier alpha value is -0.300. The van der Waals surface area contributed by atoms with E-state index in [1.165, 1.54) is 0 Å². The van der Waals surface area contributed by atoms with Crippen LogP contribution in [0.25, 0.3) is 0 Å². The van der Waals surface area contributed by atoms with Crippen LogP contribution in [0.15, 0.2) is 21.1 Å². The molecule has 0 saturated carbocycles. The molecular weight excluding hydrogens is 366 g/mol. The number of methoxy groups -OCH3 is 1. The number of nitrogens with one attached hydrogen (secondary N) is 1. The number of halogens is 2. The lowest BCUT2D eigenvalue weighted by Crippen LogP contribution is -2.34. The van der Waals surface area contributed by atoms with Gasteiger partial charge in [0.1, 0.15) is 5.75 Å². The van der Waals surface area contributed by atoms with Gasteiger partial charge in [0.2, 0.25) is 0 Å². The minimum Gasteiger partial charge on any atom is -0.495 e. The highest BCUT2D eigenvalue weighted by molar-refractivity contribution is 9.11. The number of benzene rings is 1. The zero-order valence-electron chi connectivity index (χ0n) is 10.3. The van der Waals surface area contributed by atoms with E-state index < -0.39 is 5.41 Å². The summed E-state index contributed by atoms with van der Waals surface area (Å²) in [5.74, 6) is 0.718. The standard InChI is InChI=1S/C12H17Br2NO3/c1-12(6-16,7-17)5-15-10-4-11(18-2)9(14)3-8(10)13/h3-4,15-17H,5-7H2,1-2H3. The molecule has 0 bridgehead atoms. The second-order valence-electron chi connectivity index (χ2n) is 4.45. The largest absolute Gasteiger partial charge is 0.495 e. The first-order valence-electron chi connectivity index (χ1n) is 5.44. The van der Waals surface area contributed by atoms with Crippen LogP contribution in [0.1, 0.15) is 6.92 Å². The lowest BCUT2D eigenvalue weighted by Gasteiger charge is -2.26. The summed E-state index contributed by atoms with van der Waals surface area (Å²) in [4.78, 5) is 0. The summed E-state index contributed by atoms with van der Waals surface area (Å²) in [6.45, 7) is 2.11. The van der Waals surface area contributed by atoms with Crippen molar-refractivity contribution in [2.75, 3.05) is 32.2 Å². The maximum Gasteiger partial charge on any atom is 0.135 e.